The third-order valence-corrected chi connectivity index (χ3v) is 6.38. The van der Waals surface area contributed by atoms with E-state index in [1.54, 1.807) is 0 Å². The molecule has 1 N–H and O–H groups in total. The number of ether oxygens (including phenoxy) is 2. The van der Waals surface area contributed by atoms with Crippen LogP contribution in [0.3, 0.4) is 0 Å². The highest BCUT2D eigenvalue weighted by Crippen LogP contribution is 2.35. The minimum atomic E-state index is -0.0894. The highest BCUT2D eigenvalue weighted by Gasteiger charge is 2.15. The summed E-state index contributed by atoms with van der Waals surface area (Å²) in [7, 11) is 0. The molecule has 0 spiro atoms. The summed E-state index contributed by atoms with van der Waals surface area (Å²) in [6.07, 6.45) is 2.01. The molecule has 0 radical (unpaired) electrons. The highest BCUT2D eigenvalue weighted by atomic mass is 32.1. The predicted molar refractivity (Wildman–Crippen MR) is 120 cm³/mol. The van der Waals surface area contributed by atoms with Crippen molar-refractivity contribution in [1.82, 2.24) is 9.69 Å². The molecule has 5 nitrogen and oxygen atoms in total. The van der Waals surface area contributed by atoms with E-state index in [1.165, 1.54) is 27.5 Å². The Labute approximate surface area is 181 Å². The van der Waals surface area contributed by atoms with E-state index in [1.807, 2.05) is 42.5 Å². The van der Waals surface area contributed by atoms with E-state index in [0.717, 1.165) is 37.3 Å². The van der Waals surface area contributed by atoms with Crippen LogP contribution in [0.1, 0.15) is 18.4 Å². The number of rotatable bonds is 7. The molecular formula is C24H26N2O3S. The molecule has 156 valence electrons. The van der Waals surface area contributed by atoms with E-state index >= 15 is 0 Å². The third kappa shape index (κ3) is 5.07. The summed E-state index contributed by atoms with van der Waals surface area (Å²) in [5.74, 6) is 1.09. The molecule has 2 aromatic carbocycles. The lowest BCUT2D eigenvalue weighted by atomic mass is 10.0. The SMILES string of the molecule is Cc1c(-c2ccc(OCC(=O)NCC3CCOCC3)cc2)nsc1-c1ccccc1. The Balaban J connectivity index is 1.32. The van der Waals surface area contributed by atoms with E-state index in [0.29, 0.717) is 18.2 Å². The molecule has 1 aliphatic heterocycles. The third-order valence-electron chi connectivity index (χ3n) is 5.39. The molecule has 0 unspecified atom stereocenters. The van der Waals surface area contributed by atoms with Gasteiger partial charge in [0.1, 0.15) is 5.75 Å². The quantitative estimate of drug-likeness (QED) is 0.599. The van der Waals surface area contributed by atoms with E-state index in [-0.39, 0.29) is 12.5 Å². The van der Waals surface area contributed by atoms with E-state index in [9.17, 15) is 4.79 Å². The van der Waals surface area contributed by atoms with Crippen LogP contribution in [0.2, 0.25) is 0 Å². The van der Waals surface area contributed by atoms with Crippen LogP contribution in [-0.4, -0.2) is 36.6 Å². The second-order valence-corrected chi connectivity index (χ2v) is 8.30. The molecule has 1 saturated heterocycles. The Bertz CT molecular complexity index is 964. The van der Waals surface area contributed by atoms with Crippen molar-refractivity contribution in [2.24, 2.45) is 5.92 Å². The summed E-state index contributed by atoms with van der Waals surface area (Å²) in [5, 5.41) is 2.96. The van der Waals surface area contributed by atoms with Crippen LogP contribution in [-0.2, 0) is 9.53 Å². The van der Waals surface area contributed by atoms with Crippen molar-refractivity contribution in [3.63, 3.8) is 0 Å². The molecule has 6 heteroatoms. The first-order valence-corrected chi connectivity index (χ1v) is 11.1. The fourth-order valence-electron chi connectivity index (χ4n) is 3.58. The molecule has 3 aromatic rings. The van der Waals surface area contributed by atoms with Crippen LogP contribution >= 0.6 is 11.5 Å². The average molecular weight is 423 g/mol. The molecule has 0 bridgehead atoms. The zero-order valence-electron chi connectivity index (χ0n) is 17.1. The topological polar surface area (TPSA) is 60.5 Å². The molecule has 2 heterocycles. The number of hydrogen-bond acceptors (Lipinski definition) is 5. The molecule has 1 amide bonds. The van der Waals surface area contributed by atoms with Crippen molar-refractivity contribution in [2.75, 3.05) is 26.4 Å². The van der Waals surface area contributed by atoms with Gasteiger partial charge >= 0.3 is 0 Å². The molecule has 0 atom stereocenters. The summed E-state index contributed by atoms with van der Waals surface area (Å²) >= 11 is 1.52. The molecular weight excluding hydrogens is 396 g/mol. The van der Waals surface area contributed by atoms with Crippen LogP contribution in [0.25, 0.3) is 21.7 Å². The zero-order valence-corrected chi connectivity index (χ0v) is 17.9. The average Bonchev–Trinajstić information content (AvgIpc) is 3.19. The van der Waals surface area contributed by atoms with Gasteiger partial charge in [-0.2, -0.15) is 4.37 Å². The molecule has 1 aromatic heterocycles. The summed E-state index contributed by atoms with van der Waals surface area (Å²) in [4.78, 5) is 13.2. The normalized spacial score (nSPS) is 14.4. The fraction of sp³-hybridized carbons (Fsp3) is 0.333. The summed E-state index contributed by atoms with van der Waals surface area (Å²) in [5.41, 5.74) is 4.39. The van der Waals surface area contributed by atoms with Gasteiger partial charge in [-0.3, -0.25) is 4.79 Å². The molecule has 0 aliphatic carbocycles. The Morgan fingerprint density at radius 2 is 1.83 bits per heavy atom. The van der Waals surface area contributed by atoms with Gasteiger partial charge in [0.05, 0.1) is 10.6 Å². The summed E-state index contributed by atoms with van der Waals surface area (Å²) < 4.78 is 15.7. The maximum absolute atomic E-state index is 12.1. The minimum absolute atomic E-state index is 0.0243. The predicted octanol–water partition coefficient (Wildman–Crippen LogP) is 4.71. The number of carbonyl (C=O) groups excluding carboxylic acids is 1. The van der Waals surface area contributed by atoms with Crippen molar-refractivity contribution >= 4 is 17.4 Å². The first kappa shape index (κ1) is 20.6. The first-order chi connectivity index (χ1) is 14.7. The van der Waals surface area contributed by atoms with Crippen molar-refractivity contribution in [3.05, 3.63) is 60.2 Å². The van der Waals surface area contributed by atoms with Gasteiger partial charge < -0.3 is 14.8 Å². The summed E-state index contributed by atoms with van der Waals surface area (Å²) in [6.45, 7) is 4.39. The Hall–Kier alpha value is -2.70. The zero-order chi connectivity index (χ0) is 20.8. The second kappa shape index (κ2) is 9.87. The van der Waals surface area contributed by atoms with Crippen molar-refractivity contribution in [3.8, 4) is 27.4 Å². The first-order valence-electron chi connectivity index (χ1n) is 10.3. The lowest BCUT2D eigenvalue weighted by Crippen LogP contribution is -2.35. The van der Waals surface area contributed by atoms with Gasteiger partial charge in [0.25, 0.3) is 5.91 Å². The lowest BCUT2D eigenvalue weighted by molar-refractivity contribution is -0.123. The molecule has 4 rings (SSSR count). The number of benzene rings is 2. The second-order valence-electron chi connectivity index (χ2n) is 7.52. The molecule has 0 saturated carbocycles. The Morgan fingerprint density at radius 3 is 2.57 bits per heavy atom. The minimum Gasteiger partial charge on any atom is -0.484 e. The Morgan fingerprint density at radius 1 is 1.10 bits per heavy atom. The van der Waals surface area contributed by atoms with Gasteiger partial charge in [-0.1, -0.05) is 30.3 Å². The lowest BCUT2D eigenvalue weighted by Gasteiger charge is -2.22. The number of aromatic nitrogens is 1. The number of nitrogens with one attached hydrogen (secondary N) is 1. The van der Waals surface area contributed by atoms with Crippen molar-refractivity contribution < 1.29 is 14.3 Å². The standard InChI is InChI=1S/C24H26N2O3S/c1-17-23(26-30-24(17)20-5-3-2-4-6-20)19-7-9-21(10-8-19)29-16-22(27)25-15-18-11-13-28-14-12-18/h2-10,18H,11-16H2,1H3,(H,25,27). The van der Waals surface area contributed by atoms with Crippen molar-refractivity contribution in [2.45, 2.75) is 19.8 Å². The van der Waals surface area contributed by atoms with Gasteiger partial charge in [-0.05, 0) is 72.6 Å². The maximum Gasteiger partial charge on any atom is 0.257 e. The van der Waals surface area contributed by atoms with Crippen LogP contribution in [0, 0.1) is 12.8 Å². The van der Waals surface area contributed by atoms with E-state index < -0.39 is 0 Å². The monoisotopic (exact) mass is 422 g/mol. The van der Waals surface area contributed by atoms with Crippen LogP contribution in [0.15, 0.2) is 54.6 Å². The van der Waals surface area contributed by atoms with Gasteiger partial charge in [0.2, 0.25) is 0 Å². The number of hydrogen-bond donors (Lipinski definition) is 1. The van der Waals surface area contributed by atoms with Crippen LogP contribution in [0.4, 0.5) is 0 Å². The summed E-state index contributed by atoms with van der Waals surface area (Å²) in [6, 6.07) is 18.1. The molecule has 30 heavy (non-hydrogen) atoms. The van der Waals surface area contributed by atoms with Crippen molar-refractivity contribution in [1.29, 1.82) is 0 Å². The van der Waals surface area contributed by atoms with Gasteiger partial charge in [0, 0.05) is 25.3 Å². The van der Waals surface area contributed by atoms with Crippen LogP contribution in [0.5, 0.6) is 5.75 Å². The molecule has 1 fully saturated rings. The maximum atomic E-state index is 12.1. The number of nitrogens with zero attached hydrogens (tertiary/aromatic N) is 1. The smallest absolute Gasteiger partial charge is 0.257 e. The highest BCUT2D eigenvalue weighted by molar-refractivity contribution is 7.10. The van der Waals surface area contributed by atoms with Gasteiger partial charge in [-0.15, -0.1) is 0 Å². The van der Waals surface area contributed by atoms with E-state index in [4.69, 9.17) is 9.47 Å². The number of amides is 1. The Kier molecular flexibility index (Phi) is 6.77. The largest absolute Gasteiger partial charge is 0.484 e. The number of carbonyl (C=O) groups is 1. The van der Waals surface area contributed by atoms with Gasteiger partial charge in [0.15, 0.2) is 6.61 Å². The van der Waals surface area contributed by atoms with Crippen LogP contribution < -0.4 is 10.1 Å². The fourth-order valence-corrected chi connectivity index (χ4v) is 4.48. The molecule has 1 aliphatic rings. The van der Waals surface area contributed by atoms with Gasteiger partial charge in [-0.25, -0.2) is 0 Å². The van der Waals surface area contributed by atoms with E-state index in [2.05, 4.69) is 28.7 Å².